The van der Waals surface area contributed by atoms with E-state index in [9.17, 15) is 0 Å². The molecule has 0 amide bonds. The van der Waals surface area contributed by atoms with E-state index in [-0.39, 0.29) is 24.0 Å². The van der Waals surface area contributed by atoms with Crippen LogP contribution in [0.4, 0.5) is 0 Å². The highest BCUT2D eigenvalue weighted by molar-refractivity contribution is 14.0. The minimum atomic E-state index is 0. The molecule has 2 N–H and O–H groups in total. The first kappa shape index (κ1) is 20.9. The van der Waals surface area contributed by atoms with Crippen LogP contribution in [0.1, 0.15) is 44.6 Å². The third kappa shape index (κ3) is 6.37. The summed E-state index contributed by atoms with van der Waals surface area (Å²) in [7, 11) is 3.47. The van der Waals surface area contributed by atoms with Crippen molar-refractivity contribution < 1.29 is 9.47 Å². The molecule has 1 aromatic rings. The van der Waals surface area contributed by atoms with Gasteiger partial charge in [0.15, 0.2) is 17.5 Å². The molecule has 0 spiro atoms. The molecule has 1 aliphatic carbocycles. The molecule has 1 aliphatic rings. The number of aliphatic imine (C=N–C) groups is 1. The van der Waals surface area contributed by atoms with Gasteiger partial charge in [-0.15, -0.1) is 24.0 Å². The summed E-state index contributed by atoms with van der Waals surface area (Å²) in [6.45, 7) is 3.75. The number of ether oxygens (including phenoxy) is 2. The Hall–Kier alpha value is -1.18. The van der Waals surface area contributed by atoms with Crippen LogP contribution >= 0.6 is 24.0 Å². The van der Waals surface area contributed by atoms with Crippen molar-refractivity contribution in [1.82, 2.24) is 10.6 Å². The standard InChI is InChI=1S/C18H29N3O2.HI/c1-4-11-20-18(19-2)21-13-14-9-10-16(22-3)17(12-14)23-15-7-5-6-8-15;/h9-10,12,15H,4-8,11,13H2,1-3H3,(H2,19,20,21);1H. The topological polar surface area (TPSA) is 54.9 Å². The van der Waals surface area contributed by atoms with Crippen LogP contribution in [0.3, 0.4) is 0 Å². The van der Waals surface area contributed by atoms with Gasteiger partial charge in [0.2, 0.25) is 0 Å². The molecule has 136 valence electrons. The van der Waals surface area contributed by atoms with Gasteiger partial charge in [-0.25, -0.2) is 0 Å². The maximum absolute atomic E-state index is 6.14. The average Bonchev–Trinajstić information content (AvgIpc) is 3.08. The third-order valence-electron chi connectivity index (χ3n) is 4.05. The zero-order chi connectivity index (χ0) is 16.5. The number of halogens is 1. The number of hydrogen-bond acceptors (Lipinski definition) is 3. The molecule has 0 heterocycles. The quantitative estimate of drug-likeness (QED) is 0.380. The van der Waals surface area contributed by atoms with Gasteiger partial charge in [0.1, 0.15) is 0 Å². The van der Waals surface area contributed by atoms with Crippen LogP contribution in [0.25, 0.3) is 0 Å². The lowest BCUT2D eigenvalue weighted by Gasteiger charge is -2.17. The van der Waals surface area contributed by atoms with E-state index in [1.165, 1.54) is 12.8 Å². The fourth-order valence-electron chi connectivity index (χ4n) is 2.76. The lowest BCUT2D eigenvalue weighted by atomic mass is 10.2. The molecule has 0 saturated heterocycles. The SMILES string of the molecule is CCCNC(=NC)NCc1ccc(OC)c(OC2CCCC2)c1.I. The van der Waals surface area contributed by atoms with E-state index in [0.717, 1.165) is 48.8 Å². The molecule has 0 atom stereocenters. The van der Waals surface area contributed by atoms with Gasteiger partial charge in [0.05, 0.1) is 13.2 Å². The normalized spacial score (nSPS) is 14.9. The van der Waals surface area contributed by atoms with E-state index in [1.54, 1.807) is 14.2 Å². The Morgan fingerprint density at radius 1 is 1.21 bits per heavy atom. The molecule has 1 saturated carbocycles. The van der Waals surface area contributed by atoms with Crippen LogP contribution in [0.5, 0.6) is 11.5 Å². The Kier molecular flexibility index (Phi) is 9.90. The van der Waals surface area contributed by atoms with Crippen LogP contribution in [0, 0.1) is 0 Å². The van der Waals surface area contributed by atoms with Gasteiger partial charge >= 0.3 is 0 Å². The van der Waals surface area contributed by atoms with Gasteiger partial charge in [0.25, 0.3) is 0 Å². The Morgan fingerprint density at radius 3 is 2.58 bits per heavy atom. The highest BCUT2D eigenvalue weighted by Crippen LogP contribution is 2.32. The van der Waals surface area contributed by atoms with Crippen molar-refractivity contribution in [3.05, 3.63) is 23.8 Å². The number of benzene rings is 1. The van der Waals surface area contributed by atoms with Gasteiger partial charge in [-0.3, -0.25) is 4.99 Å². The summed E-state index contributed by atoms with van der Waals surface area (Å²) in [4.78, 5) is 4.22. The summed E-state index contributed by atoms with van der Waals surface area (Å²) >= 11 is 0. The maximum atomic E-state index is 6.14. The summed E-state index contributed by atoms with van der Waals surface area (Å²) in [5, 5.41) is 6.59. The molecule has 2 rings (SSSR count). The van der Waals surface area contributed by atoms with Crippen LogP contribution < -0.4 is 20.1 Å². The van der Waals surface area contributed by atoms with Crippen molar-refractivity contribution >= 4 is 29.9 Å². The van der Waals surface area contributed by atoms with Crippen molar-refractivity contribution in [3.63, 3.8) is 0 Å². The summed E-state index contributed by atoms with van der Waals surface area (Å²) in [5.41, 5.74) is 1.15. The first-order chi connectivity index (χ1) is 11.3. The highest BCUT2D eigenvalue weighted by atomic mass is 127. The molecule has 0 unspecified atom stereocenters. The van der Waals surface area contributed by atoms with Crippen molar-refractivity contribution in [2.24, 2.45) is 4.99 Å². The second kappa shape index (κ2) is 11.4. The number of nitrogens with one attached hydrogen (secondary N) is 2. The Balaban J connectivity index is 0.00000288. The zero-order valence-corrected chi connectivity index (χ0v) is 17.3. The number of methoxy groups -OCH3 is 1. The lowest BCUT2D eigenvalue weighted by molar-refractivity contribution is 0.200. The predicted molar refractivity (Wildman–Crippen MR) is 110 cm³/mol. The van der Waals surface area contributed by atoms with Crippen molar-refractivity contribution in [2.45, 2.75) is 51.7 Å². The maximum Gasteiger partial charge on any atom is 0.191 e. The van der Waals surface area contributed by atoms with Gasteiger partial charge in [-0.2, -0.15) is 0 Å². The fourth-order valence-corrected chi connectivity index (χ4v) is 2.76. The predicted octanol–water partition coefficient (Wildman–Crippen LogP) is 3.71. The summed E-state index contributed by atoms with van der Waals surface area (Å²) < 4.78 is 11.6. The molecule has 0 bridgehead atoms. The van der Waals surface area contributed by atoms with Gasteiger partial charge in [-0.05, 0) is 49.8 Å². The van der Waals surface area contributed by atoms with E-state index in [1.807, 2.05) is 6.07 Å². The van der Waals surface area contributed by atoms with Crippen molar-refractivity contribution in [3.8, 4) is 11.5 Å². The van der Waals surface area contributed by atoms with Gasteiger partial charge < -0.3 is 20.1 Å². The van der Waals surface area contributed by atoms with E-state index >= 15 is 0 Å². The van der Waals surface area contributed by atoms with Crippen LogP contribution in [-0.2, 0) is 6.54 Å². The highest BCUT2D eigenvalue weighted by Gasteiger charge is 2.18. The fraction of sp³-hybridized carbons (Fsp3) is 0.611. The number of guanidine groups is 1. The molecule has 1 fully saturated rings. The zero-order valence-electron chi connectivity index (χ0n) is 14.9. The van der Waals surface area contributed by atoms with Crippen LogP contribution in [-0.4, -0.2) is 32.8 Å². The summed E-state index contributed by atoms with van der Waals surface area (Å²) in [6, 6.07) is 6.10. The number of nitrogens with zero attached hydrogens (tertiary/aromatic N) is 1. The minimum Gasteiger partial charge on any atom is -0.493 e. The smallest absolute Gasteiger partial charge is 0.191 e. The molecular weight excluding hydrogens is 417 g/mol. The Labute approximate surface area is 162 Å². The van der Waals surface area contributed by atoms with E-state index in [2.05, 4.69) is 34.7 Å². The van der Waals surface area contributed by atoms with Crippen LogP contribution in [0.2, 0.25) is 0 Å². The molecule has 0 radical (unpaired) electrons. The largest absolute Gasteiger partial charge is 0.493 e. The van der Waals surface area contributed by atoms with Gasteiger partial charge in [-0.1, -0.05) is 13.0 Å². The second-order valence-electron chi connectivity index (χ2n) is 5.86. The van der Waals surface area contributed by atoms with E-state index < -0.39 is 0 Å². The number of hydrogen-bond donors (Lipinski definition) is 2. The first-order valence-corrected chi connectivity index (χ1v) is 8.55. The summed E-state index contributed by atoms with van der Waals surface area (Å²) in [5.74, 6) is 2.46. The molecular formula is C18H30IN3O2. The monoisotopic (exact) mass is 447 g/mol. The van der Waals surface area contributed by atoms with Gasteiger partial charge in [0, 0.05) is 20.1 Å². The lowest BCUT2D eigenvalue weighted by Crippen LogP contribution is -2.37. The van der Waals surface area contributed by atoms with Crippen molar-refractivity contribution in [2.75, 3.05) is 20.7 Å². The van der Waals surface area contributed by atoms with Crippen molar-refractivity contribution in [1.29, 1.82) is 0 Å². The molecule has 24 heavy (non-hydrogen) atoms. The Bertz CT molecular complexity index is 517. The van der Waals surface area contributed by atoms with E-state index in [4.69, 9.17) is 9.47 Å². The second-order valence-corrected chi connectivity index (χ2v) is 5.86. The van der Waals surface area contributed by atoms with E-state index in [0.29, 0.717) is 12.6 Å². The average molecular weight is 447 g/mol. The molecule has 1 aromatic carbocycles. The molecule has 6 heteroatoms. The third-order valence-corrected chi connectivity index (χ3v) is 4.05. The molecule has 0 aromatic heterocycles. The molecule has 5 nitrogen and oxygen atoms in total. The molecule has 0 aliphatic heterocycles. The first-order valence-electron chi connectivity index (χ1n) is 8.55. The van der Waals surface area contributed by atoms with Crippen LogP contribution in [0.15, 0.2) is 23.2 Å². The minimum absolute atomic E-state index is 0. The number of rotatable bonds is 7. The Morgan fingerprint density at radius 2 is 1.96 bits per heavy atom. The summed E-state index contributed by atoms with van der Waals surface area (Å²) in [6.07, 6.45) is 6.19.